The van der Waals surface area contributed by atoms with Crippen LogP contribution in [-0.2, 0) is 23.4 Å². The molecule has 11 heteroatoms. The maximum atomic E-state index is 10.5. The van der Waals surface area contributed by atoms with E-state index < -0.39 is 51.7 Å². The lowest BCUT2D eigenvalue weighted by Gasteiger charge is -2.39. The van der Waals surface area contributed by atoms with E-state index in [-0.39, 0.29) is 0 Å². The Morgan fingerprint density at radius 1 is 1.16 bits per heavy atom. The van der Waals surface area contributed by atoms with Crippen molar-refractivity contribution in [3.8, 4) is 0 Å². The number of aliphatic hydroxyl groups excluding tert-OH is 3. The second-order valence-electron chi connectivity index (χ2n) is 3.80. The molecule has 1 saturated heterocycles. The van der Waals surface area contributed by atoms with Gasteiger partial charge in [-0.05, 0) is 0 Å². The molecule has 0 aliphatic carbocycles. The highest BCUT2D eigenvalue weighted by Gasteiger charge is 2.44. The van der Waals surface area contributed by atoms with Crippen molar-refractivity contribution in [1.82, 2.24) is 0 Å². The van der Waals surface area contributed by atoms with Crippen LogP contribution in [0.15, 0.2) is 0 Å². The van der Waals surface area contributed by atoms with E-state index in [1.807, 2.05) is 0 Å². The number of phosphoric acid groups is 1. The summed E-state index contributed by atoms with van der Waals surface area (Å²) >= 11 is 0. The van der Waals surface area contributed by atoms with E-state index in [9.17, 15) is 24.7 Å². The molecule has 1 rings (SSSR count). The van der Waals surface area contributed by atoms with E-state index in [0.717, 1.165) is 0 Å². The van der Waals surface area contributed by atoms with Crippen LogP contribution in [0.3, 0.4) is 0 Å². The first-order chi connectivity index (χ1) is 8.76. The van der Waals surface area contributed by atoms with Crippen molar-refractivity contribution in [3.63, 3.8) is 0 Å². The Kier molecular flexibility index (Phi) is 5.99. The maximum absolute atomic E-state index is 10.5. The van der Waals surface area contributed by atoms with Crippen molar-refractivity contribution in [2.45, 2.75) is 30.7 Å². The minimum atomic E-state index is -4.77. The summed E-state index contributed by atoms with van der Waals surface area (Å²) in [7, 11) is -4.77. The van der Waals surface area contributed by atoms with E-state index in [1.165, 1.54) is 0 Å². The molecule has 1 fully saturated rings. The summed E-state index contributed by atoms with van der Waals surface area (Å²) in [6, 6.07) is 0. The topological polar surface area (TPSA) is 163 Å². The Balaban J connectivity index is 2.64. The molecule has 1 aliphatic heterocycles. The first-order valence-electron chi connectivity index (χ1n) is 5.21. The molecule has 0 aromatic carbocycles. The molecule has 5 N–H and O–H groups in total. The molecule has 0 spiro atoms. The quantitative estimate of drug-likeness (QED) is 0.254. The van der Waals surface area contributed by atoms with Crippen molar-refractivity contribution >= 4 is 14.1 Å². The van der Waals surface area contributed by atoms with Gasteiger partial charge >= 0.3 is 7.82 Å². The molecule has 0 aromatic rings. The van der Waals surface area contributed by atoms with Gasteiger partial charge in [-0.1, -0.05) is 0 Å². The van der Waals surface area contributed by atoms with Gasteiger partial charge in [0.15, 0.2) is 6.29 Å². The van der Waals surface area contributed by atoms with E-state index in [0.29, 0.717) is 6.29 Å². The van der Waals surface area contributed by atoms with Gasteiger partial charge in [0.2, 0.25) is 0 Å². The van der Waals surface area contributed by atoms with E-state index in [2.05, 4.69) is 4.52 Å². The molecule has 0 bridgehead atoms. The fraction of sp³-hybridized carbons (Fsp3) is 0.875. The number of ether oxygens (including phenoxy) is 2. The lowest BCUT2D eigenvalue weighted by atomic mass is 9.99. The number of carbonyl (C=O) groups excluding carboxylic acids is 1. The predicted octanol–water partition coefficient (Wildman–Crippen LogP) is -2.88. The SMILES string of the molecule is O=CCO[C@H]1OC(COP(=O)(O)O)[C@@H](O)[C@H](O)C1O. The van der Waals surface area contributed by atoms with Gasteiger partial charge in [0.25, 0.3) is 0 Å². The Morgan fingerprint density at radius 2 is 1.79 bits per heavy atom. The highest BCUT2D eigenvalue weighted by atomic mass is 31.2. The van der Waals surface area contributed by atoms with Crippen LogP contribution in [0.25, 0.3) is 0 Å². The zero-order valence-electron chi connectivity index (χ0n) is 9.60. The molecular weight excluding hydrogens is 287 g/mol. The zero-order chi connectivity index (χ0) is 14.6. The predicted molar refractivity (Wildman–Crippen MR) is 56.7 cm³/mol. The zero-order valence-corrected chi connectivity index (χ0v) is 10.5. The van der Waals surface area contributed by atoms with E-state index in [1.54, 1.807) is 0 Å². The van der Waals surface area contributed by atoms with Gasteiger partial charge in [0, 0.05) is 0 Å². The van der Waals surface area contributed by atoms with Crippen molar-refractivity contribution in [2.75, 3.05) is 13.2 Å². The summed E-state index contributed by atoms with van der Waals surface area (Å²) in [5.74, 6) is 0. The van der Waals surface area contributed by atoms with Crippen molar-refractivity contribution in [3.05, 3.63) is 0 Å². The molecule has 2 unspecified atom stereocenters. The van der Waals surface area contributed by atoms with Crippen LogP contribution in [0.1, 0.15) is 0 Å². The molecule has 112 valence electrons. The molecule has 0 radical (unpaired) electrons. The fourth-order valence-corrected chi connectivity index (χ4v) is 1.84. The summed E-state index contributed by atoms with van der Waals surface area (Å²) in [5, 5.41) is 28.6. The normalized spacial score (nSPS) is 36.2. The third-order valence-electron chi connectivity index (χ3n) is 2.40. The lowest BCUT2D eigenvalue weighted by Crippen LogP contribution is -2.59. The molecule has 1 heterocycles. The summed E-state index contributed by atoms with van der Waals surface area (Å²) in [6.07, 6.45) is -7.28. The molecule has 5 atom stereocenters. The summed E-state index contributed by atoms with van der Waals surface area (Å²) in [5.41, 5.74) is 0. The van der Waals surface area contributed by atoms with Crippen molar-refractivity contribution < 1.29 is 48.5 Å². The Morgan fingerprint density at radius 3 is 2.32 bits per heavy atom. The summed E-state index contributed by atoms with van der Waals surface area (Å²) in [6.45, 7) is -1.15. The molecule has 10 nitrogen and oxygen atoms in total. The largest absolute Gasteiger partial charge is 0.469 e. The first-order valence-corrected chi connectivity index (χ1v) is 6.74. The number of phosphoric ester groups is 1. The number of hydrogen-bond acceptors (Lipinski definition) is 8. The summed E-state index contributed by atoms with van der Waals surface area (Å²) < 4.78 is 24.4. The Bertz CT molecular complexity index is 342. The second kappa shape index (κ2) is 6.84. The molecule has 0 aromatic heterocycles. The second-order valence-corrected chi connectivity index (χ2v) is 5.04. The molecule has 19 heavy (non-hydrogen) atoms. The third kappa shape index (κ3) is 4.88. The van der Waals surface area contributed by atoms with E-state index in [4.69, 9.17) is 19.3 Å². The Hall–Kier alpha value is -0.420. The summed E-state index contributed by atoms with van der Waals surface area (Å²) in [4.78, 5) is 27.2. The number of aliphatic hydroxyl groups is 3. The van der Waals surface area contributed by atoms with E-state index >= 15 is 0 Å². The van der Waals surface area contributed by atoms with Crippen LogP contribution in [0.2, 0.25) is 0 Å². The van der Waals surface area contributed by atoms with Gasteiger partial charge in [-0.15, -0.1) is 0 Å². The van der Waals surface area contributed by atoms with Gasteiger partial charge in [0.05, 0.1) is 6.61 Å². The van der Waals surface area contributed by atoms with Gasteiger partial charge < -0.3 is 39.4 Å². The molecule has 0 saturated carbocycles. The van der Waals surface area contributed by atoms with Crippen LogP contribution >= 0.6 is 7.82 Å². The minimum absolute atomic E-state index is 0.384. The van der Waals surface area contributed by atoms with Crippen molar-refractivity contribution in [1.29, 1.82) is 0 Å². The highest BCUT2D eigenvalue weighted by molar-refractivity contribution is 7.46. The number of carbonyl (C=O) groups is 1. The highest BCUT2D eigenvalue weighted by Crippen LogP contribution is 2.37. The van der Waals surface area contributed by atoms with Crippen LogP contribution in [0, 0.1) is 0 Å². The number of aldehydes is 1. The van der Waals surface area contributed by atoms with Crippen LogP contribution in [-0.4, -0.2) is 75.3 Å². The average molecular weight is 302 g/mol. The standard InChI is InChI=1S/C8H15O10P/c9-1-2-16-8-7(12)6(11)5(10)4(18-8)3-17-19(13,14)15/h1,4-8,10-12H,2-3H2,(H2,13,14,15)/t4?,5-,6+,7?,8+/m1/s1. The average Bonchev–Trinajstić information content (AvgIpc) is 2.33. The van der Waals surface area contributed by atoms with Gasteiger partial charge in [0.1, 0.15) is 37.3 Å². The van der Waals surface area contributed by atoms with Crippen LogP contribution in [0.5, 0.6) is 0 Å². The Labute approximate surface area is 107 Å². The molecule has 1 aliphatic rings. The minimum Gasteiger partial charge on any atom is -0.387 e. The van der Waals surface area contributed by atoms with Gasteiger partial charge in [-0.3, -0.25) is 4.52 Å². The lowest BCUT2D eigenvalue weighted by molar-refractivity contribution is -0.297. The number of rotatable bonds is 6. The van der Waals surface area contributed by atoms with Crippen molar-refractivity contribution in [2.24, 2.45) is 0 Å². The first kappa shape index (κ1) is 16.6. The number of hydrogen-bond donors (Lipinski definition) is 5. The van der Waals surface area contributed by atoms with Gasteiger partial charge in [-0.25, -0.2) is 4.57 Å². The molecule has 0 amide bonds. The molecular formula is C8H15O10P. The monoisotopic (exact) mass is 302 g/mol. The maximum Gasteiger partial charge on any atom is 0.469 e. The smallest absolute Gasteiger partial charge is 0.387 e. The van der Waals surface area contributed by atoms with Crippen LogP contribution in [0.4, 0.5) is 0 Å². The van der Waals surface area contributed by atoms with Crippen LogP contribution < -0.4 is 0 Å². The van der Waals surface area contributed by atoms with Gasteiger partial charge in [-0.2, -0.15) is 0 Å². The third-order valence-corrected chi connectivity index (χ3v) is 2.89. The fourth-order valence-electron chi connectivity index (χ4n) is 1.50.